The molecule has 3 N–H and O–H groups in total. The fourth-order valence-electron chi connectivity index (χ4n) is 2.68. The molecule has 0 aliphatic heterocycles. The van der Waals surface area contributed by atoms with Crippen LogP contribution in [0, 0.1) is 17.2 Å². The molecule has 5 heteroatoms. The number of hydrogen-bond donors (Lipinski definition) is 3. The van der Waals surface area contributed by atoms with Crippen molar-refractivity contribution in [1.29, 1.82) is 0 Å². The summed E-state index contributed by atoms with van der Waals surface area (Å²) in [5.41, 5.74) is 7.80. The number of amides is 1. The van der Waals surface area contributed by atoms with Crippen molar-refractivity contribution < 1.29 is 9.18 Å². The number of nitrogens with one attached hydrogen (secondary N) is 3. The van der Waals surface area contributed by atoms with Crippen molar-refractivity contribution in [3.8, 4) is 0 Å². The molecule has 1 amide bonds. The minimum absolute atomic E-state index is 0.135. The molecule has 0 bridgehead atoms. The monoisotopic (exact) mass is 319 g/mol. The summed E-state index contributed by atoms with van der Waals surface area (Å²) in [5.74, 6) is 0.233. The van der Waals surface area contributed by atoms with E-state index in [1.165, 1.54) is 12.1 Å². The molecule has 0 fully saturated rings. The van der Waals surface area contributed by atoms with Crippen molar-refractivity contribution in [2.75, 3.05) is 11.9 Å². The molecule has 1 aromatic carbocycles. The maximum absolute atomic E-state index is 12.8. The molecule has 0 radical (unpaired) electrons. The fourth-order valence-corrected chi connectivity index (χ4v) is 2.68. The van der Waals surface area contributed by atoms with Gasteiger partial charge in [-0.25, -0.2) is 4.39 Å². The lowest BCUT2D eigenvalue weighted by Gasteiger charge is -2.33. The molecule has 0 aromatic heterocycles. The van der Waals surface area contributed by atoms with Crippen LogP contribution in [0.5, 0.6) is 0 Å². The summed E-state index contributed by atoms with van der Waals surface area (Å²) in [7, 11) is 0. The van der Waals surface area contributed by atoms with Gasteiger partial charge in [0.1, 0.15) is 5.82 Å². The molecular formula is C18H26FN3O. The Morgan fingerprint density at radius 3 is 2.52 bits per heavy atom. The number of hydrogen-bond acceptors (Lipinski definition) is 3. The highest BCUT2D eigenvalue weighted by molar-refractivity contribution is 5.80. The summed E-state index contributed by atoms with van der Waals surface area (Å²) in [5, 5.41) is 2.95. The summed E-state index contributed by atoms with van der Waals surface area (Å²) in [6.45, 7) is 6.95. The quantitative estimate of drug-likeness (QED) is 0.727. The zero-order valence-electron chi connectivity index (χ0n) is 14.1. The van der Waals surface area contributed by atoms with Gasteiger partial charge in [0.05, 0.1) is 6.54 Å². The first kappa shape index (κ1) is 17.3. The Morgan fingerprint density at radius 2 is 1.96 bits per heavy atom. The van der Waals surface area contributed by atoms with Gasteiger partial charge in [-0.1, -0.05) is 26.8 Å². The summed E-state index contributed by atoms with van der Waals surface area (Å²) in [6.07, 6.45) is 5.29. The fraction of sp³-hybridized carbons (Fsp3) is 0.500. The van der Waals surface area contributed by atoms with Crippen LogP contribution in [0.1, 0.15) is 40.0 Å². The van der Waals surface area contributed by atoms with Crippen LogP contribution in [0.25, 0.3) is 0 Å². The van der Waals surface area contributed by atoms with Gasteiger partial charge in [0.15, 0.2) is 0 Å². The average Bonchev–Trinajstić information content (AvgIpc) is 2.52. The first-order chi connectivity index (χ1) is 10.8. The zero-order chi connectivity index (χ0) is 16.9. The van der Waals surface area contributed by atoms with Gasteiger partial charge in [-0.15, -0.1) is 0 Å². The molecular weight excluding hydrogens is 293 g/mol. The predicted octanol–water partition coefficient (Wildman–Crippen LogP) is 3.59. The van der Waals surface area contributed by atoms with E-state index < -0.39 is 0 Å². The minimum Gasteiger partial charge on any atom is -0.376 e. The molecule has 1 atom stereocenters. The normalized spacial score (nSPS) is 18.1. The zero-order valence-corrected chi connectivity index (χ0v) is 14.1. The van der Waals surface area contributed by atoms with E-state index in [1.807, 2.05) is 0 Å². The molecule has 0 unspecified atom stereocenters. The first-order valence-corrected chi connectivity index (χ1v) is 8.08. The lowest BCUT2D eigenvalue weighted by Crippen LogP contribution is -2.41. The van der Waals surface area contributed by atoms with Gasteiger partial charge in [-0.3, -0.25) is 10.2 Å². The Labute approximate surface area is 137 Å². The van der Waals surface area contributed by atoms with Crippen molar-refractivity contribution in [1.82, 2.24) is 10.9 Å². The van der Waals surface area contributed by atoms with E-state index in [0.717, 1.165) is 25.0 Å². The molecule has 126 valence electrons. The Balaban J connectivity index is 1.71. The van der Waals surface area contributed by atoms with Crippen LogP contribution in [-0.2, 0) is 4.79 Å². The van der Waals surface area contributed by atoms with Crippen LogP contribution in [-0.4, -0.2) is 12.5 Å². The van der Waals surface area contributed by atoms with E-state index in [0.29, 0.717) is 17.0 Å². The second-order valence-corrected chi connectivity index (χ2v) is 7.10. The minimum atomic E-state index is -0.292. The molecule has 2 rings (SSSR count). The molecule has 1 aromatic rings. The van der Waals surface area contributed by atoms with Gasteiger partial charge in [0.25, 0.3) is 5.91 Å². The Hall–Kier alpha value is -2.04. The third kappa shape index (κ3) is 5.58. The third-order valence-electron chi connectivity index (χ3n) is 4.30. The number of rotatable bonds is 5. The standard InChI is InChI=1S/C18H26FN3O/c1-18(2,3)13-4-8-16(9-5-13)21-22-17(23)12-20-15-10-6-14(19)7-11-15/h6-8,10-11,13,20-21H,4-5,9,12H2,1-3H3,(H,22,23)/t13-/m1/s1. The van der Waals surface area contributed by atoms with Crippen LogP contribution in [0.4, 0.5) is 10.1 Å². The van der Waals surface area contributed by atoms with Crippen molar-refractivity contribution >= 4 is 11.6 Å². The van der Waals surface area contributed by atoms with E-state index in [1.54, 1.807) is 12.1 Å². The second-order valence-electron chi connectivity index (χ2n) is 7.10. The number of carbonyl (C=O) groups excluding carboxylic acids is 1. The van der Waals surface area contributed by atoms with E-state index >= 15 is 0 Å². The van der Waals surface area contributed by atoms with E-state index in [2.05, 4.69) is 43.0 Å². The van der Waals surface area contributed by atoms with Crippen molar-refractivity contribution in [3.63, 3.8) is 0 Å². The smallest absolute Gasteiger partial charge is 0.257 e. The van der Waals surface area contributed by atoms with Crippen LogP contribution in [0.2, 0.25) is 0 Å². The molecule has 23 heavy (non-hydrogen) atoms. The number of carbonyl (C=O) groups is 1. The van der Waals surface area contributed by atoms with Gasteiger partial charge in [0, 0.05) is 11.4 Å². The van der Waals surface area contributed by atoms with Crippen LogP contribution in [0.3, 0.4) is 0 Å². The van der Waals surface area contributed by atoms with Gasteiger partial charge in [-0.2, -0.15) is 0 Å². The van der Waals surface area contributed by atoms with Gasteiger partial charge in [-0.05, 0) is 54.9 Å². The molecule has 0 heterocycles. The summed E-state index contributed by atoms with van der Waals surface area (Å²) in [6, 6.07) is 5.92. The number of allylic oxidation sites excluding steroid dienone is 2. The number of anilines is 1. The maximum Gasteiger partial charge on any atom is 0.257 e. The number of benzene rings is 1. The highest BCUT2D eigenvalue weighted by Gasteiger charge is 2.26. The summed E-state index contributed by atoms with van der Waals surface area (Å²) >= 11 is 0. The molecule has 1 aliphatic carbocycles. The third-order valence-corrected chi connectivity index (χ3v) is 4.30. The predicted molar refractivity (Wildman–Crippen MR) is 91.0 cm³/mol. The average molecular weight is 319 g/mol. The lowest BCUT2D eigenvalue weighted by molar-refractivity contribution is -0.120. The lowest BCUT2D eigenvalue weighted by atomic mass is 9.74. The summed E-state index contributed by atoms with van der Waals surface area (Å²) < 4.78 is 12.8. The molecule has 4 nitrogen and oxygen atoms in total. The van der Waals surface area contributed by atoms with Crippen molar-refractivity contribution in [2.24, 2.45) is 11.3 Å². The topological polar surface area (TPSA) is 53.2 Å². The van der Waals surface area contributed by atoms with E-state index in [-0.39, 0.29) is 18.3 Å². The Morgan fingerprint density at radius 1 is 1.26 bits per heavy atom. The Bertz CT molecular complexity index is 561. The second kappa shape index (κ2) is 7.49. The largest absolute Gasteiger partial charge is 0.376 e. The van der Waals surface area contributed by atoms with Crippen LogP contribution < -0.4 is 16.2 Å². The highest BCUT2D eigenvalue weighted by Crippen LogP contribution is 2.36. The molecule has 0 saturated carbocycles. The van der Waals surface area contributed by atoms with Crippen molar-refractivity contribution in [2.45, 2.75) is 40.0 Å². The van der Waals surface area contributed by atoms with Gasteiger partial charge >= 0.3 is 0 Å². The SMILES string of the molecule is CC(C)(C)[C@@H]1CC=C(NNC(=O)CNc2ccc(F)cc2)CC1. The number of hydrazine groups is 1. The highest BCUT2D eigenvalue weighted by atomic mass is 19.1. The van der Waals surface area contributed by atoms with Gasteiger partial charge in [0.2, 0.25) is 0 Å². The van der Waals surface area contributed by atoms with E-state index in [9.17, 15) is 9.18 Å². The van der Waals surface area contributed by atoms with Crippen molar-refractivity contribution in [3.05, 3.63) is 41.9 Å². The summed E-state index contributed by atoms with van der Waals surface area (Å²) in [4.78, 5) is 11.8. The van der Waals surface area contributed by atoms with Crippen LogP contribution >= 0.6 is 0 Å². The van der Waals surface area contributed by atoms with Gasteiger partial charge < -0.3 is 10.7 Å². The molecule has 0 spiro atoms. The van der Waals surface area contributed by atoms with E-state index in [4.69, 9.17) is 0 Å². The molecule has 1 aliphatic rings. The maximum atomic E-state index is 12.8. The molecule has 0 saturated heterocycles. The number of halogens is 1. The first-order valence-electron chi connectivity index (χ1n) is 8.08. The van der Waals surface area contributed by atoms with Crippen LogP contribution in [0.15, 0.2) is 36.0 Å². The Kier molecular flexibility index (Phi) is 5.64.